The topological polar surface area (TPSA) is 82.8 Å². The average Bonchev–Trinajstić information content (AvgIpc) is 3.23. The van der Waals surface area contributed by atoms with Crippen molar-refractivity contribution in [2.75, 3.05) is 26.1 Å². The summed E-state index contributed by atoms with van der Waals surface area (Å²) in [6.45, 7) is 1.74. The Morgan fingerprint density at radius 3 is 2.59 bits per heavy atom. The van der Waals surface area contributed by atoms with Gasteiger partial charge in [-0.05, 0) is 67.1 Å². The van der Waals surface area contributed by atoms with Gasteiger partial charge in [-0.15, -0.1) is 0 Å². The standard InChI is InChI=1S/C24H21ClN2O5/c1-14-10-17(6-7-18(14)25)31-13-23(28)26-16-5-9-20-19(12-16)27-24(32-20)15-4-8-21(29-2)22(11-15)30-3/h4-12H,13H2,1-3H3,(H,26,28). The number of ether oxygens (including phenoxy) is 3. The largest absolute Gasteiger partial charge is 0.493 e. The number of anilines is 1. The number of aromatic nitrogens is 1. The van der Waals surface area contributed by atoms with E-state index in [0.29, 0.717) is 44.9 Å². The van der Waals surface area contributed by atoms with E-state index in [1.165, 1.54) is 0 Å². The number of aryl methyl sites for hydroxylation is 1. The van der Waals surface area contributed by atoms with Crippen molar-refractivity contribution in [3.8, 4) is 28.7 Å². The average molecular weight is 453 g/mol. The third-order valence-corrected chi connectivity index (χ3v) is 5.23. The van der Waals surface area contributed by atoms with E-state index < -0.39 is 0 Å². The lowest BCUT2D eigenvalue weighted by molar-refractivity contribution is -0.118. The normalized spacial score (nSPS) is 10.8. The number of amides is 1. The number of nitrogens with one attached hydrogen (secondary N) is 1. The van der Waals surface area contributed by atoms with Gasteiger partial charge < -0.3 is 23.9 Å². The van der Waals surface area contributed by atoms with E-state index in [2.05, 4.69) is 10.3 Å². The van der Waals surface area contributed by atoms with Gasteiger partial charge in [-0.25, -0.2) is 4.98 Å². The Balaban J connectivity index is 1.46. The van der Waals surface area contributed by atoms with E-state index in [1.807, 2.05) is 13.0 Å². The van der Waals surface area contributed by atoms with Gasteiger partial charge in [0, 0.05) is 16.3 Å². The van der Waals surface area contributed by atoms with Gasteiger partial charge in [0.2, 0.25) is 5.89 Å². The summed E-state index contributed by atoms with van der Waals surface area (Å²) in [5, 5.41) is 3.45. The van der Waals surface area contributed by atoms with E-state index in [-0.39, 0.29) is 12.5 Å². The van der Waals surface area contributed by atoms with E-state index in [1.54, 1.807) is 62.8 Å². The van der Waals surface area contributed by atoms with Crippen molar-refractivity contribution in [1.82, 2.24) is 4.98 Å². The molecule has 4 rings (SSSR count). The molecule has 0 aliphatic carbocycles. The molecule has 0 saturated carbocycles. The molecule has 0 saturated heterocycles. The van der Waals surface area contributed by atoms with Gasteiger partial charge >= 0.3 is 0 Å². The first-order valence-corrected chi connectivity index (χ1v) is 10.2. The molecule has 8 heteroatoms. The maximum atomic E-state index is 12.3. The maximum Gasteiger partial charge on any atom is 0.262 e. The zero-order valence-electron chi connectivity index (χ0n) is 17.8. The molecule has 164 valence electrons. The Hall–Kier alpha value is -3.71. The molecule has 0 radical (unpaired) electrons. The van der Waals surface area contributed by atoms with Crippen LogP contribution >= 0.6 is 11.6 Å². The van der Waals surface area contributed by atoms with Crippen molar-refractivity contribution >= 4 is 34.3 Å². The number of hydrogen-bond acceptors (Lipinski definition) is 6. The van der Waals surface area contributed by atoms with Gasteiger partial charge in [0.05, 0.1) is 14.2 Å². The van der Waals surface area contributed by atoms with E-state index >= 15 is 0 Å². The summed E-state index contributed by atoms with van der Waals surface area (Å²) in [5.74, 6) is 1.92. The van der Waals surface area contributed by atoms with Gasteiger partial charge in [-0.2, -0.15) is 0 Å². The highest BCUT2D eigenvalue weighted by Crippen LogP contribution is 2.33. The number of carbonyl (C=O) groups is 1. The molecule has 32 heavy (non-hydrogen) atoms. The van der Waals surface area contributed by atoms with Crippen LogP contribution in [-0.2, 0) is 4.79 Å². The van der Waals surface area contributed by atoms with E-state index in [4.69, 9.17) is 30.2 Å². The molecule has 0 spiro atoms. The lowest BCUT2D eigenvalue weighted by Crippen LogP contribution is -2.20. The summed E-state index contributed by atoms with van der Waals surface area (Å²) < 4.78 is 22.0. The smallest absolute Gasteiger partial charge is 0.262 e. The quantitative estimate of drug-likeness (QED) is 0.399. The summed E-state index contributed by atoms with van der Waals surface area (Å²) in [6, 6.07) is 15.9. The molecule has 1 heterocycles. The van der Waals surface area contributed by atoms with Gasteiger partial charge in [-0.3, -0.25) is 4.79 Å². The lowest BCUT2D eigenvalue weighted by atomic mass is 10.2. The Bertz CT molecular complexity index is 1280. The molecule has 0 aliphatic heterocycles. The van der Waals surface area contributed by atoms with E-state index in [0.717, 1.165) is 11.1 Å². The summed E-state index contributed by atoms with van der Waals surface area (Å²) in [6.07, 6.45) is 0. The number of rotatable bonds is 7. The Morgan fingerprint density at radius 2 is 1.84 bits per heavy atom. The molecule has 0 fully saturated rings. The predicted octanol–water partition coefficient (Wildman–Crippen LogP) is 5.49. The molecule has 3 aromatic carbocycles. The van der Waals surface area contributed by atoms with Crippen molar-refractivity contribution < 1.29 is 23.4 Å². The van der Waals surface area contributed by atoms with Gasteiger partial charge in [0.1, 0.15) is 11.3 Å². The Kier molecular flexibility index (Phi) is 6.18. The highest BCUT2D eigenvalue weighted by Gasteiger charge is 2.13. The van der Waals surface area contributed by atoms with Crippen LogP contribution in [0.3, 0.4) is 0 Å². The minimum Gasteiger partial charge on any atom is -0.493 e. The second kappa shape index (κ2) is 9.20. The number of hydrogen-bond donors (Lipinski definition) is 1. The van der Waals surface area contributed by atoms with Crippen LogP contribution in [-0.4, -0.2) is 31.7 Å². The molecule has 0 atom stereocenters. The van der Waals surface area contributed by atoms with Gasteiger partial charge in [0.15, 0.2) is 23.7 Å². The number of methoxy groups -OCH3 is 2. The molecule has 4 aromatic rings. The van der Waals surface area contributed by atoms with Crippen LogP contribution in [0.2, 0.25) is 5.02 Å². The fraction of sp³-hybridized carbons (Fsp3) is 0.167. The first kappa shape index (κ1) is 21.5. The van der Waals surface area contributed by atoms with Crippen molar-refractivity contribution in [2.45, 2.75) is 6.92 Å². The number of oxazole rings is 1. The van der Waals surface area contributed by atoms with Crippen LogP contribution in [0, 0.1) is 6.92 Å². The second-order valence-corrected chi connectivity index (χ2v) is 7.43. The van der Waals surface area contributed by atoms with Gasteiger partial charge in [-0.1, -0.05) is 11.6 Å². The van der Waals surface area contributed by atoms with Crippen molar-refractivity contribution in [3.05, 3.63) is 65.2 Å². The highest BCUT2D eigenvalue weighted by atomic mass is 35.5. The second-order valence-electron chi connectivity index (χ2n) is 7.02. The molecule has 0 unspecified atom stereocenters. The van der Waals surface area contributed by atoms with Gasteiger partial charge in [0.25, 0.3) is 5.91 Å². The predicted molar refractivity (Wildman–Crippen MR) is 123 cm³/mol. The molecular weight excluding hydrogens is 432 g/mol. The summed E-state index contributed by atoms with van der Waals surface area (Å²) in [4.78, 5) is 16.8. The third kappa shape index (κ3) is 4.63. The molecule has 1 aromatic heterocycles. The summed E-state index contributed by atoms with van der Waals surface area (Å²) >= 11 is 6.01. The highest BCUT2D eigenvalue weighted by molar-refractivity contribution is 6.31. The van der Waals surface area contributed by atoms with Crippen LogP contribution in [0.25, 0.3) is 22.6 Å². The zero-order valence-corrected chi connectivity index (χ0v) is 18.5. The number of carbonyl (C=O) groups excluding carboxylic acids is 1. The molecule has 1 amide bonds. The van der Waals surface area contributed by atoms with E-state index in [9.17, 15) is 4.79 Å². The number of benzene rings is 3. The third-order valence-electron chi connectivity index (χ3n) is 4.80. The van der Waals surface area contributed by atoms with Crippen LogP contribution in [0.15, 0.2) is 59.0 Å². The van der Waals surface area contributed by atoms with Crippen LogP contribution in [0.5, 0.6) is 17.2 Å². The molecule has 1 N–H and O–H groups in total. The van der Waals surface area contributed by atoms with Crippen LogP contribution < -0.4 is 19.5 Å². The summed E-state index contributed by atoms with van der Waals surface area (Å²) in [7, 11) is 3.15. The minimum atomic E-state index is -0.291. The monoisotopic (exact) mass is 452 g/mol. The Labute approximate surface area is 189 Å². The fourth-order valence-electron chi connectivity index (χ4n) is 3.15. The first-order chi connectivity index (χ1) is 15.5. The maximum absolute atomic E-state index is 12.3. The van der Waals surface area contributed by atoms with Crippen molar-refractivity contribution in [3.63, 3.8) is 0 Å². The van der Waals surface area contributed by atoms with Crippen molar-refractivity contribution in [2.24, 2.45) is 0 Å². The number of nitrogens with zero attached hydrogens (tertiary/aromatic N) is 1. The fourth-order valence-corrected chi connectivity index (χ4v) is 3.27. The molecule has 0 aliphatic rings. The van der Waals surface area contributed by atoms with Crippen LogP contribution in [0.1, 0.15) is 5.56 Å². The zero-order chi connectivity index (χ0) is 22.7. The molecule has 0 bridgehead atoms. The minimum absolute atomic E-state index is 0.130. The number of fused-ring (bicyclic) bond motifs is 1. The molecule has 7 nitrogen and oxygen atoms in total. The van der Waals surface area contributed by atoms with Crippen LogP contribution in [0.4, 0.5) is 5.69 Å². The molecular formula is C24H21ClN2O5. The lowest BCUT2D eigenvalue weighted by Gasteiger charge is -2.08. The Morgan fingerprint density at radius 1 is 1.03 bits per heavy atom. The summed E-state index contributed by atoms with van der Waals surface area (Å²) in [5.41, 5.74) is 3.43. The first-order valence-electron chi connectivity index (χ1n) is 9.78. The SMILES string of the molecule is COc1ccc(-c2nc3cc(NC(=O)COc4ccc(Cl)c(C)c4)ccc3o2)cc1OC. The number of halogens is 1. The van der Waals surface area contributed by atoms with Crippen molar-refractivity contribution in [1.29, 1.82) is 0 Å².